The Labute approximate surface area is 84.2 Å². The van der Waals surface area contributed by atoms with Gasteiger partial charge in [0.05, 0.1) is 19.8 Å². The molecule has 0 aliphatic carbocycles. The second-order valence-electron chi connectivity index (χ2n) is 4.17. The van der Waals surface area contributed by atoms with Gasteiger partial charge in [-0.2, -0.15) is 0 Å². The predicted octanol–water partition coefficient (Wildman–Crippen LogP) is 0.834. The number of alkyl halides is 1. The van der Waals surface area contributed by atoms with Crippen LogP contribution in [0, 0.1) is 0 Å². The number of hydrogen-bond acceptors (Lipinski definition) is 3. The van der Waals surface area contributed by atoms with Gasteiger partial charge in [-0.05, 0) is 12.8 Å². The fourth-order valence-electron chi connectivity index (χ4n) is 2.47. The Morgan fingerprint density at radius 3 is 2.64 bits per heavy atom. The van der Waals surface area contributed by atoms with Crippen molar-refractivity contribution in [2.75, 3.05) is 33.5 Å². The summed E-state index contributed by atoms with van der Waals surface area (Å²) < 4.78 is 23.6. The Bertz CT molecular complexity index is 175. The maximum atomic E-state index is 13.4. The Morgan fingerprint density at radius 1 is 1.43 bits per heavy atom. The van der Waals surface area contributed by atoms with E-state index < -0.39 is 6.17 Å². The zero-order valence-corrected chi connectivity index (χ0v) is 8.62. The van der Waals surface area contributed by atoms with Gasteiger partial charge < -0.3 is 9.47 Å². The van der Waals surface area contributed by atoms with E-state index in [9.17, 15) is 4.39 Å². The van der Waals surface area contributed by atoms with Crippen LogP contribution in [0.15, 0.2) is 0 Å². The molecule has 82 valence electrons. The van der Waals surface area contributed by atoms with Gasteiger partial charge in [0.2, 0.25) is 0 Å². The topological polar surface area (TPSA) is 21.7 Å². The highest BCUT2D eigenvalue weighted by atomic mass is 19.1. The molecule has 0 radical (unpaired) electrons. The number of ether oxygens (including phenoxy) is 2. The van der Waals surface area contributed by atoms with Crippen molar-refractivity contribution in [1.29, 1.82) is 0 Å². The quantitative estimate of drug-likeness (QED) is 0.675. The lowest BCUT2D eigenvalue weighted by Gasteiger charge is -2.35. The third kappa shape index (κ3) is 2.07. The van der Waals surface area contributed by atoms with Crippen LogP contribution in [-0.4, -0.2) is 56.6 Å². The third-order valence-electron chi connectivity index (χ3n) is 3.15. The number of halogens is 1. The number of morpholine rings is 1. The molecule has 2 fully saturated rings. The summed E-state index contributed by atoms with van der Waals surface area (Å²) in [6, 6.07) is 0.896. The Kier molecular flexibility index (Phi) is 3.36. The first kappa shape index (κ1) is 10.3. The fraction of sp³-hybridized carbons (Fsp3) is 1.00. The van der Waals surface area contributed by atoms with Crippen LogP contribution < -0.4 is 0 Å². The first-order valence-electron chi connectivity index (χ1n) is 5.27. The van der Waals surface area contributed by atoms with Crippen molar-refractivity contribution in [2.45, 2.75) is 31.1 Å². The van der Waals surface area contributed by atoms with E-state index in [1.54, 1.807) is 7.11 Å². The molecule has 0 aromatic heterocycles. The summed E-state index contributed by atoms with van der Waals surface area (Å²) in [6.07, 6.45) is 1.45. The fourth-order valence-corrected chi connectivity index (χ4v) is 2.47. The predicted molar refractivity (Wildman–Crippen MR) is 51.1 cm³/mol. The summed E-state index contributed by atoms with van der Waals surface area (Å²) >= 11 is 0. The lowest BCUT2D eigenvalue weighted by molar-refractivity contribution is -0.0304. The van der Waals surface area contributed by atoms with E-state index in [0.29, 0.717) is 18.6 Å². The van der Waals surface area contributed by atoms with E-state index in [1.807, 2.05) is 0 Å². The van der Waals surface area contributed by atoms with Gasteiger partial charge in [-0.3, -0.25) is 4.90 Å². The van der Waals surface area contributed by atoms with Crippen molar-refractivity contribution in [1.82, 2.24) is 4.90 Å². The zero-order valence-electron chi connectivity index (χ0n) is 8.62. The number of fused-ring (bicyclic) bond motifs is 2. The van der Waals surface area contributed by atoms with Crippen LogP contribution in [0.5, 0.6) is 0 Å². The minimum absolute atomic E-state index is 0.205. The number of nitrogens with zero attached hydrogens (tertiary/aromatic N) is 1. The second kappa shape index (κ2) is 4.55. The molecule has 0 N–H and O–H groups in total. The molecule has 2 aliphatic rings. The van der Waals surface area contributed by atoms with Crippen LogP contribution in [0.2, 0.25) is 0 Å². The Morgan fingerprint density at radius 2 is 2.07 bits per heavy atom. The summed E-state index contributed by atoms with van der Waals surface area (Å²) in [7, 11) is 1.54. The first-order chi connectivity index (χ1) is 6.81. The second-order valence-corrected chi connectivity index (χ2v) is 4.17. The molecule has 0 amide bonds. The van der Waals surface area contributed by atoms with E-state index in [2.05, 4.69) is 4.90 Å². The molecule has 0 saturated carbocycles. The van der Waals surface area contributed by atoms with Gasteiger partial charge in [-0.15, -0.1) is 0 Å². The molecule has 0 aromatic carbocycles. The van der Waals surface area contributed by atoms with Gasteiger partial charge in [0.1, 0.15) is 6.17 Å². The highest BCUT2D eigenvalue weighted by molar-refractivity contribution is 4.91. The standard InChI is InChI=1S/C10H18FNO2/c1-13-5-8(11)4-12-9-2-3-10(12)7-14-6-9/h8-10H,2-7H2,1H3. The summed E-state index contributed by atoms with van der Waals surface area (Å²) in [5, 5.41) is 0. The van der Waals surface area contributed by atoms with E-state index in [0.717, 1.165) is 26.1 Å². The first-order valence-corrected chi connectivity index (χ1v) is 5.27. The molecule has 14 heavy (non-hydrogen) atoms. The van der Waals surface area contributed by atoms with Crippen molar-refractivity contribution in [3.8, 4) is 0 Å². The summed E-state index contributed by atoms with van der Waals surface area (Å²) in [6.45, 7) is 2.26. The van der Waals surface area contributed by atoms with E-state index in [4.69, 9.17) is 9.47 Å². The summed E-state index contributed by atoms with van der Waals surface area (Å²) in [5.74, 6) is 0. The Balaban J connectivity index is 1.85. The molecule has 0 aromatic rings. The molecule has 3 unspecified atom stereocenters. The molecule has 3 nitrogen and oxygen atoms in total. The van der Waals surface area contributed by atoms with E-state index >= 15 is 0 Å². The smallest absolute Gasteiger partial charge is 0.136 e. The van der Waals surface area contributed by atoms with Crippen LogP contribution in [0.25, 0.3) is 0 Å². The molecule has 2 saturated heterocycles. The van der Waals surface area contributed by atoms with Crippen molar-refractivity contribution < 1.29 is 13.9 Å². The average Bonchev–Trinajstić information content (AvgIpc) is 2.41. The SMILES string of the molecule is COCC(F)CN1C2CCC1COC2. The van der Waals surface area contributed by atoms with Gasteiger partial charge in [0.15, 0.2) is 0 Å². The highest BCUT2D eigenvalue weighted by Crippen LogP contribution is 2.28. The number of methoxy groups -OCH3 is 1. The van der Waals surface area contributed by atoms with Gasteiger partial charge >= 0.3 is 0 Å². The van der Waals surface area contributed by atoms with Crippen molar-refractivity contribution in [3.05, 3.63) is 0 Å². The third-order valence-corrected chi connectivity index (χ3v) is 3.15. The Hall–Kier alpha value is -0.190. The average molecular weight is 203 g/mol. The lowest BCUT2D eigenvalue weighted by atomic mass is 10.2. The van der Waals surface area contributed by atoms with E-state index in [1.165, 1.54) is 0 Å². The van der Waals surface area contributed by atoms with Crippen LogP contribution in [0.4, 0.5) is 4.39 Å². The summed E-state index contributed by atoms with van der Waals surface area (Å²) in [4.78, 5) is 2.26. The molecule has 4 heteroatoms. The van der Waals surface area contributed by atoms with Gasteiger partial charge in [-0.1, -0.05) is 0 Å². The van der Waals surface area contributed by atoms with Crippen molar-refractivity contribution in [2.24, 2.45) is 0 Å². The number of rotatable bonds is 4. The maximum absolute atomic E-state index is 13.4. The normalized spacial score (nSPS) is 34.7. The molecule has 2 rings (SSSR count). The van der Waals surface area contributed by atoms with Gasteiger partial charge in [0, 0.05) is 25.7 Å². The van der Waals surface area contributed by atoms with Gasteiger partial charge in [-0.25, -0.2) is 4.39 Å². The largest absolute Gasteiger partial charge is 0.382 e. The van der Waals surface area contributed by atoms with Crippen molar-refractivity contribution in [3.63, 3.8) is 0 Å². The molecule has 2 aliphatic heterocycles. The molecule has 0 spiro atoms. The summed E-state index contributed by atoms with van der Waals surface area (Å²) in [5.41, 5.74) is 0. The van der Waals surface area contributed by atoms with Crippen molar-refractivity contribution >= 4 is 0 Å². The molecular weight excluding hydrogens is 185 g/mol. The van der Waals surface area contributed by atoms with Crippen LogP contribution in [0.3, 0.4) is 0 Å². The van der Waals surface area contributed by atoms with E-state index in [-0.39, 0.29) is 6.61 Å². The molecule has 2 bridgehead atoms. The minimum atomic E-state index is -0.860. The van der Waals surface area contributed by atoms with Crippen LogP contribution >= 0.6 is 0 Å². The minimum Gasteiger partial charge on any atom is -0.382 e. The lowest BCUT2D eigenvalue weighted by Crippen LogP contribution is -2.48. The van der Waals surface area contributed by atoms with Crippen LogP contribution in [-0.2, 0) is 9.47 Å². The molecule has 3 atom stereocenters. The van der Waals surface area contributed by atoms with Gasteiger partial charge in [0.25, 0.3) is 0 Å². The zero-order chi connectivity index (χ0) is 9.97. The molecular formula is C10H18FNO2. The van der Waals surface area contributed by atoms with Crippen LogP contribution in [0.1, 0.15) is 12.8 Å². The maximum Gasteiger partial charge on any atom is 0.136 e. The highest BCUT2D eigenvalue weighted by Gasteiger charge is 2.38. The number of hydrogen-bond donors (Lipinski definition) is 0. The monoisotopic (exact) mass is 203 g/mol. The molecule has 2 heterocycles.